The number of aromatic nitrogens is 1. The van der Waals surface area contributed by atoms with Gasteiger partial charge in [-0.05, 0) is 55.5 Å². The van der Waals surface area contributed by atoms with Crippen LogP contribution in [0.1, 0.15) is 15.9 Å². The molecule has 0 bridgehead atoms. The molecule has 4 aromatic rings. The molecule has 1 aromatic heterocycles. The molecule has 4 rings (SSSR count). The predicted molar refractivity (Wildman–Crippen MR) is 138 cm³/mol. The van der Waals surface area contributed by atoms with Gasteiger partial charge in [0.25, 0.3) is 5.91 Å². The van der Waals surface area contributed by atoms with Crippen LogP contribution in [0.25, 0.3) is 10.2 Å². The number of fused-ring (bicyclic) bond motifs is 1. The number of carbonyl (C=O) groups excluding carboxylic acids is 2. The van der Waals surface area contributed by atoms with Gasteiger partial charge in [0.2, 0.25) is 5.91 Å². The second kappa shape index (κ2) is 10.6. The highest BCUT2D eigenvalue weighted by atomic mass is 32.2. The number of thioether (sulfide) groups is 1. The van der Waals surface area contributed by atoms with Crippen molar-refractivity contribution in [2.24, 2.45) is 0 Å². The van der Waals surface area contributed by atoms with E-state index in [1.165, 1.54) is 30.2 Å². The Labute approximate surface area is 205 Å². The molecule has 0 fully saturated rings. The Balaban J connectivity index is 1.39. The van der Waals surface area contributed by atoms with Crippen LogP contribution in [0.3, 0.4) is 0 Å². The first-order valence-corrected chi connectivity index (χ1v) is 12.2. The Morgan fingerprint density at radius 1 is 0.912 bits per heavy atom. The van der Waals surface area contributed by atoms with Crippen LogP contribution in [0.5, 0.6) is 11.5 Å². The normalized spacial score (nSPS) is 10.7. The maximum absolute atomic E-state index is 12.7. The van der Waals surface area contributed by atoms with Crippen molar-refractivity contribution in [3.63, 3.8) is 0 Å². The van der Waals surface area contributed by atoms with Crippen molar-refractivity contribution in [2.75, 3.05) is 30.6 Å². The van der Waals surface area contributed by atoms with Gasteiger partial charge in [-0.3, -0.25) is 9.59 Å². The van der Waals surface area contributed by atoms with Gasteiger partial charge in [-0.1, -0.05) is 29.5 Å². The van der Waals surface area contributed by atoms with E-state index in [2.05, 4.69) is 15.6 Å². The lowest BCUT2D eigenvalue weighted by Crippen LogP contribution is -2.13. The number of hydrogen-bond acceptors (Lipinski definition) is 7. The van der Waals surface area contributed by atoms with Gasteiger partial charge < -0.3 is 20.1 Å². The van der Waals surface area contributed by atoms with Crippen molar-refractivity contribution in [1.29, 1.82) is 0 Å². The molecular formula is C25H23N3O4S2. The lowest BCUT2D eigenvalue weighted by Gasteiger charge is -2.10. The average molecular weight is 494 g/mol. The summed E-state index contributed by atoms with van der Waals surface area (Å²) in [5.41, 5.74) is 3.84. The first kappa shape index (κ1) is 23.6. The van der Waals surface area contributed by atoms with E-state index >= 15 is 0 Å². The maximum atomic E-state index is 12.7. The molecule has 2 amide bonds. The average Bonchev–Trinajstić information content (AvgIpc) is 3.26. The molecule has 7 nitrogen and oxygen atoms in total. The van der Waals surface area contributed by atoms with Crippen LogP contribution in [-0.2, 0) is 4.79 Å². The fourth-order valence-corrected chi connectivity index (χ4v) is 5.09. The Kier molecular flexibility index (Phi) is 7.34. The summed E-state index contributed by atoms with van der Waals surface area (Å²) in [6.45, 7) is 2.00. The molecule has 3 aromatic carbocycles. The van der Waals surface area contributed by atoms with Crippen LogP contribution >= 0.6 is 23.1 Å². The number of thiazole rings is 1. The molecule has 0 saturated carbocycles. The van der Waals surface area contributed by atoms with E-state index in [9.17, 15) is 9.59 Å². The van der Waals surface area contributed by atoms with Crippen molar-refractivity contribution in [3.05, 3.63) is 71.8 Å². The number of aryl methyl sites for hydroxylation is 1. The summed E-state index contributed by atoms with van der Waals surface area (Å²) in [6.07, 6.45) is 0. The Bertz CT molecular complexity index is 1340. The van der Waals surface area contributed by atoms with E-state index < -0.39 is 0 Å². The molecule has 34 heavy (non-hydrogen) atoms. The summed E-state index contributed by atoms with van der Waals surface area (Å²) in [7, 11) is 3.07. The number of nitrogens with zero attached hydrogens (tertiary/aromatic N) is 1. The summed E-state index contributed by atoms with van der Waals surface area (Å²) in [5.74, 6) is 0.961. The third-order valence-electron chi connectivity index (χ3n) is 4.93. The first-order chi connectivity index (χ1) is 16.4. The van der Waals surface area contributed by atoms with Gasteiger partial charge in [-0.25, -0.2) is 4.98 Å². The molecule has 0 aliphatic heterocycles. The van der Waals surface area contributed by atoms with Gasteiger partial charge in [-0.2, -0.15) is 0 Å². The van der Waals surface area contributed by atoms with Gasteiger partial charge in [0.05, 0.1) is 30.2 Å². The summed E-state index contributed by atoms with van der Waals surface area (Å²) in [6, 6.07) is 18.2. The third-order valence-corrected chi connectivity index (χ3v) is 7.10. The molecule has 0 unspecified atom stereocenters. The summed E-state index contributed by atoms with van der Waals surface area (Å²) in [4.78, 5) is 29.5. The third kappa shape index (κ3) is 5.67. The molecule has 0 saturated heterocycles. The van der Waals surface area contributed by atoms with Gasteiger partial charge in [0.1, 0.15) is 0 Å². The quantitative estimate of drug-likeness (QED) is 0.310. The van der Waals surface area contributed by atoms with Crippen molar-refractivity contribution in [2.45, 2.75) is 11.3 Å². The van der Waals surface area contributed by atoms with Gasteiger partial charge >= 0.3 is 0 Å². The number of amides is 2. The highest BCUT2D eigenvalue weighted by molar-refractivity contribution is 8.01. The first-order valence-electron chi connectivity index (χ1n) is 10.4. The van der Waals surface area contributed by atoms with Crippen LogP contribution in [0, 0.1) is 6.92 Å². The smallest absolute Gasteiger partial charge is 0.255 e. The van der Waals surface area contributed by atoms with Crippen LogP contribution in [0.2, 0.25) is 0 Å². The number of hydrogen-bond donors (Lipinski definition) is 2. The minimum absolute atomic E-state index is 0.0871. The number of methoxy groups -OCH3 is 2. The number of benzene rings is 3. The molecule has 0 aliphatic rings. The van der Waals surface area contributed by atoms with E-state index in [4.69, 9.17) is 9.47 Å². The van der Waals surface area contributed by atoms with E-state index in [-0.39, 0.29) is 17.6 Å². The monoisotopic (exact) mass is 493 g/mol. The molecule has 0 radical (unpaired) electrons. The second-order valence-electron chi connectivity index (χ2n) is 7.39. The number of ether oxygens (including phenoxy) is 2. The zero-order valence-corrected chi connectivity index (χ0v) is 20.5. The van der Waals surface area contributed by atoms with Gasteiger partial charge in [0.15, 0.2) is 15.8 Å². The number of anilines is 2. The van der Waals surface area contributed by atoms with Crippen molar-refractivity contribution < 1.29 is 19.1 Å². The summed E-state index contributed by atoms with van der Waals surface area (Å²) < 4.78 is 12.2. The van der Waals surface area contributed by atoms with Crippen LogP contribution in [-0.4, -0.2) is 36.8 Å². The lowest BCUT2D eigenvalue weighted by molar-refractivity contribution is -0.113. The molecule has 1 heterocycles. The van der Waals surface area contributed by atoms with E-state index in [1.807, 2.05) is 43.3 Å². The van der Waals surface area contributed by atoms with Gasteiger partial charge in [0, 0.05) is 16.9 Å². The summed E-state index contributed by atoms with van der Waals surface area (Å²) in [5, 5.41) is 5.79. The van der Waals surface area contributed by atoms with E-state index in [1.54, 1.807) is 31.4 Å². The van der Waals surface area contributed by atoms with Gasteiger partial charge in [-0.15, -0.1) is 11.3 Å². The molecule has 0 aliphatic carbocycles. The molecule has 9 heteroatoms. The highest BCUT2D eigenvalue weighted by Crippen LogP contribution is 2.32. The summed E-state index contributed by atoms with van der Waals surface area (Å²) >= 11 is 2.86. The molecule has 2 N–H and O–H groups in total. The highest BCUT2D eigenvalue weighted by Gasteiger charge is 2.13. The molecule has 0 spiro atoms. The zero-order chi connectivity index (χ0) is 24.1. The predicted octanol–water partition coefficient (Wildman–Crippen LogP) is 5.61. The SMILES string of the molecule is COc1ccc(C(=O)Nc2ccc3nc(SCC(=O)Nc4ccc(C)cc4)sc3c2)cc1OC. The van der Waals surface area contributed by atoms with Crippen molar-refractivity contribution in [1.82, 2.24) is 4.98 Å². The Morgan fingerprint density at radius 3 is 2.38 bits per heavy atom. The van der Waals surface area contributed by atoms with Crippen molar-refractivity contribution >= 4 is 56.5 Å². The second-order valence-corrected chi connectivity index (χ2v) is 9.64. The van der Waals surface area contributed by atoms with Crippen LogP contribution in [0.4, 0.5) is 11.4 Å². The molecular weight excluding hydrogens is 470 g/mol. The molecule has 174 valence electrons. The van der Waals surface area contributed by atoms with E-state index in [0.29, 0.717) is 22.7 Å². The van der Waals surface area contributed by atoms with Crippen LogP contribution in [0.15, 0.2) is 65.0 Å². The number of nitrogens with one attached hydrogen (secondary N) is 2. The largest absolute Gasteiger partial charge is 0.493 e. The number of carbonyl (C=O) groups is 2. The van der Waals surface area contributed by atoms with E-state index in [0.717, 1.165) is 25.8 Å². The van der Waals surface area contributed by atoms with Crippen LogP contribution < -0.4 is 20.1 Å². The standard InChI is InChI=1S/C25H23N3O4S2/c1-15-4-7-17(8-5-15)26-23(29)14-33-25-28-19-10-9-18(13-22(19)34-25)27-24(30)16-6-11-20(31-2)21(12-16)32-3/h4-13H,14H2,1-3H3,(H,26,29)(H,27,30). The minimum Gasteiger partial charge on any atom is -0.493 e. The number of rotatable bonds is 8. The fraction of sp³-hybridized carbons (Fsp3) is 0.160. The topological polar surface area (TPSA) is 89.5 Å². The Hall–Kier alpha value is -3.56. The minimum atomic E-state index is -0.257. The zero-order valence-electron chi connectivity index (χ0n) is 18.9. The fourth-order valence-electron chi connectivity index (χ4n) is 3.18. The lowest BCUT2D eigenvalue weighted by atomic mass is 10.2. The molecule has 0 atom stereocenters. The Morgan fingerprint density at radius 2 is 1.65 bits per heavy atom. The maximum Gasteiger partial charge on any atom is 0.255 e. The van der Waals surface area contributed by atoms with Crippen molar-refractivity contribution in [3.8, 4) is 11.5 Å².